The summed E-state index contributed by atoms with van der Waals surface area (Å²) in [5.74, 6) is -0.157. The van der Waals surface area contributed by atoms with Crippen molar-refractivity contribution in [3.63, 3.8) is 0 Å². The highest BCUT2D eigenvalue weighted by Gasteiger charge is 2.36. The van der Waals surface area contributed by atoms with E-state index in [2.05, 4.69) is 35.3 Å². The van der Waals surface area contributed by atoms with Gasteiger partial charge < -0.3 is 10.2 Å². The highest BCUT2D eigenvalue weighted by Crippen LogP contribution is 2.28. The van der Waals surface area contributed by atoms with E-state index in [1.54, 1.807) is 15.9 Å². The summed E-state index contributed by atoms with van der Waals surface area (Å²) in [4.78, 5) is 31.5. The number of rotatable bonds is 7. The lowest BCUT2D eigenvalue weighted by molar-refractivity contribution is -0.127. The van der Waals surface area contributed by atoms with Crippen LogP contribution in [-0.2, 0) is 16.1 Å². The van der Waals surface area contributed by atoms with Crippen LogP contribution in [0.15, 0.2) is 67.3 Å². The largest absolute Gasteiger partial charge is 0.347 e. The summed E-state index contributed by atoms with van der Waals surface area (Å²) in [7, 11) is 0. The maximum Gasteiger partial charge on any atom is 0.227 e. The van der Waals surface area contributed by atoms with E-state index in [-0.39, 0.29) is 24.3 Å². The van der Waals surface area contributed by atoms with Crippen LogP contribution in [0.2, 0.25) is 0 Å². The lowest BCUT2D eigenvalue weighted by atomic mass is 10.0. The minimum Gasteiger partial charge on any atom is -0.347 e. The molecular formula is C24H27N5O2. The van der Waals surface area contributed by atoms with Gasteiger partial charge in [0.15, 0.2) is 0 Å². The van der Waals surface area contributed by atoms with E-state index in [4.69, 9.17) is 0 Å². The van der Waals surface area contributed by atoms with Gasteiger partial charge in [-0.3, -0.25) is 14.3 Å². The summed E-state index contributed by atoms with van der Waals surface area (Å²) >= 11 is 0. The van der Waals surface area contributed by atoms with Crippen molar-refractivity contribution in [3.05, 3.63) is 78.4 Å². The fourth-order valence-corrected chi connectivity index (χ4v) is 3.91. The number of benzene rings is 2. The zero-order valence-corrected chi connectivity index (χ0v) is 17.8. The van der Waals surface area contributed by atoms with Crippen molar-refractivity contribution in [1.29, 1.82) is 0 Å². The average molecular weight is 418 g/mol. The van der Waals surface area contributed by atoms with Crippen molar-refractivity contribution >= 4 is 17.5 Å². The summed E-state index contributed by atoms with van der Waals surface area (Å²) < 4.78 is 1.70. The van der Waals surface area contributed by atoms with E-state index in [0.717, 1.165) is 11.3 Å². The van der Waals surface area contributed by atoms with Crippen molar-refractivity contribution < 1.29 is 9.59 Å². The van der Waals surface area contributed by atoms with Crippen molar-refractivity contribution in [2.24, 2.45) is 5.92 Å². The Labute approximate surface area is 182 Å². The number of hydrogen-bond acceptors (Lipinski definition) is 4. The molecule has 0 radical (unpaired) electrons. The zero-order valence-electron chi connectivity index (χ0n) is 17.8. The van der Waals surface area contributed by atoms with Gasteiger partial charge in [0.25, 0.3) is 0 Å². The van der Waals surface area contributed by atoms with Crippen molar-refractivity contribution in [3.8, 4) is 0 Å². The molecule has 2 amide bonds. The molecule has 3 aromatic rings. The molecule has 1 aromatic heterocycles. The van der Waals surface area contributed by atoms with Gasteiger partial charge >= 0.3 is 0 Å². The molecule has 0 bridgehead atoms. The molecule has 1 saturated heterocycles. The maximum atomic E-state index is 13.1. The molecule has 2 atom stereocenters. The predicted octanol–water partition coefficient (Wildman–Crippen LogP) is 3.31. The van der Waals surface area contributed by atoms with Crippen LogP contribution in [0.4, 0.5) is 5.69 Å². The molecule has 1 fully saturated rings. The average Bonchev–Trinajstić information content (AvgIpc) is 3.43. The number of nitrogens with zero attached hydrogens (tertiary/aromatic N) is 4. The first-order chi connectivity index (χ1) is 15.0. The molecule has 4 rings (SSSR count). The molecule has 7 nitrogen and oxygen atoms in total. The molecule has 0 saturated carbocycles. The smallest absolute Gasteiger partial charge is 0.227 e. The van der Waals surface area contributed by atoms with Gasteiger partial charge in [0.05, 0.1) is 18.5 Å². The topological polar surface area (TPSA) is 80.1 Å². The Balaban J connectivity index is 1.48. The van der Waals surface area contributed by atoms with Gasteiger partial charge in [-0.2, -0.15) is 5.10 Å². The van der Waals surface area contributed by atoms with Crippen LogP contribution in [0.25, 0.3) is 0 Å². The van der Waals surface area contributed by atoms with Gasteiger partial charge in [-0.05, 0) is 29.2 Å². The quantitative estimate of drug-likeness (QED) is 0.640. The van der Waals surface area contributed by atoms with E-state index in [1.165, 1.54) is 11.9 Å². The van der Waals surface area contributed by atoms with Gasteiger partial charge in [0, 0.05) is 18.7 Å². The predicted molar refractivity (Wildman–Crippen MR) is 118 cm³/mol. The maximum absolute atomic E-state index is 13.1. The molecule has 1 aliphatic rings. The van der Waals surface area contributed by atoms with E-state index in [1.807, 2.05) is 48.5 Å². The first-order valence-corrected chi connectivity index (χ1v) is 10.6. The van der Waals surface area contributed by atoms with Crippen LogP contribution >= 0.6 is 0 Å². The molecule has 0 spiro atoms. The first kappa shape index (κ1) is 20.8. The molecule has 2 heterocycles. The molecule has 2 unspecified atom stereocenters. The van der Waals surface area contributed by atoms with E-state index in [9.17, 15) is 9.59 Å². The van der Waals surface area contributed by atoms with E-state index < -0.39 is 5.92 Å². The number of carbonyl (C=O) groups excluding carboxylic acids is 2. The summed E-state index contributed by atoms with van der Waals surface area (Å²) in [6.45, 7) is 5.10. The second-order valence-corrected chi connectivity index (χ2v) is 8.24. The van der Waals surface area contributed by atoms with Crippen molar-refractivity contribution in [2.75, 3.05) is 11.4 Å². The highest BCUT2D eigenvalue weighted by molar-refractivity contribution is 6.00. The van der Waals surface area contributed by atoms with Crippen LogP contribution in [0, 0.1) is 5.92 Å². The summed E-state index contributed by atoms with van der Waals surface area (Å²) in [5.41, 5.74) is 3.01. The molecule has 2 aromatic carbocycles. The second-order valence-electron chi connectivity index (χ2n) is 8.24. The van der Waals surface area contributed by atoms with Crippen LogP contribution in [-0.4, -0.2) is 33.1 Å². The molecule has 1 aliphatic heterocycles. The number of amides is 2. The lowest BCUT2D eigenvalue weighted by Crippen LogP contribution is -2.37. The number of hydrogen-bond donors (Lipinski definition) is 1. The Hall–Kier alpha value is -3.48. The van der Waals surface area contributed by atoms with Crippen LogP contribution in [0.3, 0.4) is 0 Å². The van der Waals surface area contributed by atoms with Crippen molar-refractivity contribution in [1.82, 2.24) is 20.1 Å². The first-order valence-electron chi connectivity index (χ1n) is 10.6. The number of nitrogens with one attached hydrogen (secondary N) is 1. The fraction of sp³-hybridized carbons (Fsp3) is 0.333. The van der Waals surface area contributed by atoms with Crippen LogP contribution < -0.4 is 10.2 Å². The fourth-order valence-electron chi connectivity index (χ4n) is 3.91. The SMILES string of the molecule is CC(C)c1cccc(N2CC(C(=O)NC(Cn3cncn3)c3ccccc3)CC2=O)c1. The minimum absolute atomic E-state index is 0.0198. The third-order valence-electron chi connectivity index (χ3n) is 5.70. The van der Waals surface area contributed by atoms with Crippen molar-refractivity contribution in [2.45, 2.75) is 38.8 Å². The molecular weight excluding hydrogens is 390 g/mol. The van der Waals surface area contributed by atoms with E-state index >= 15 is 0 Å². The number of aromatic nitrogens is 3. The lowest BCUT2D eigenvalue weighted by Gasteiger charge is -2.22. The number of carbonyl (C=O) groups is 2. The highest BCUT2D eigenvalue weighted by atomic mass is 16.2. The summed E-state index contributed by atoms with van der Waals surface area (Å²) in [5, 5.41) is 7.29. The molecule has 160 valence electrons. The summed E-state index contributed by atoms with van der Waals surface area (Å²) in [6, 6.07) is 17.5. The monoisotopic (exact) mass is 417 g/mol. The number of anilines is 1. The molecule has 0 aliphatic carbocycles. The van der Waals surface area contributed by atoms with Crippen LogP contribution in [0.1, 0.15) is 43.4 Å². The third kappa shape index (κ3) is 4.82. The van der Waals surface area contributed by atoms with Gasteiger partial charge in [-0.1, -0.05) is 56.3 Å². The van der Waals surface area contributed by atoms with Gasteiger partial charge in [-0.15, -0.1) is 0 Å². The standard InChI is InChI=1S/C24H27N5O2/c1-17(2)19-9-6-10-21(11-19)29-13-20(12-23(29)30)24(31)27-22(14-28-16-25-15-26-28)18-7-4-3-5-8-18/h3-11,15-17,20,22H,12-14H2,1-2H3,(H,27,31). The third-order valence-corrected chi connectivity index (χ3v) is 5.70. The van der Waals surface area contributed by atoms with Gasteiger partial charge in [0.2, 0.25) is 11.8 Å². The molecule has 1 N–H and O–H groups in total. The Kier molecular flexibility index (Phi) is 6.11. The Morgan fingerprint density at radius 1 is 1.13 bits per heavy atom. The molecule has 7 heteroatoms. The minimum atomic E-state index is -0.392. The molecule has 31 heavy (non-hydrogen) atoms. The normalized spacial score (nSPS) is 17.2. The zero-order chi connectivity index (χ0) is 21.8. The Bertz CT molecular complexity index is 1030. The summed E-state index contributed by atoms with van der Waals surface area (Å²) in [6.07, 6.45) is 3.32. The Morgan fingerprint density at radius 2 is 1.90 bits per heavy atom. The van der Waals surface area contributed by atoms with Crippen LogP contribution in [0.5, 0.6) is 0 Å². The van der Waals surface area contributed by atoms with Gasteiger partial charge in [0.1, 0.15) is 12.7 Å². The van der Waals surface area contributed by atoms with Gasteiger partial charge in [-0.25, -0.2) is 4.98 Å². The Morgan fingerprint density at radius 3 is 2.61 bits per heavy atom. The van der Waals surface area contributed by atoms with E-state index in [0.29, 0.717) is 19.0 Å². The second kappa shape index (κ2) is 9.12.